The summed E-state index contributed by atoms with van der Waals surface area (Å²) in [5, 5.41) is 0. The van der Waals surface area contributed by atoms with Gasteiger partial charge in [0.05, 0.1) is 18.1 Å². The first-order valence-electron chi connectivity index (χ1n) is 14.1. The molecule has 1 aliphatic heterocycles. The van der Waals surface area contributed by atoms with Crippen molar-refractivity contribution in [3.05, 3.63) is 95.8 Å². The summed E-state index contributed by atoms with van der Waals surface area (Å²) in [5.41, 5.74) is 3.75. The van der Waals surface area contributed by atoms with E-state index in [0.29, 0.717) is 17.9 Å². The van der Waals surface area contributed by atoms with Crippen LogP contribution in [0.5, 0.6) is 5.75 Å². The first-order chi connectivity index (χ1) is 19.4. The van der Waals surface area contributed by atoms with Gasteiger partial charge in [-0.25, -0.2) is 4.98 Å². The van der Waals surface area contributed by atoms with Crippen LogP contribution in [-0.2, 0) is 7.05 Å². The Morgan fingerprint density at radius 1 is 0.975 bits per heavy atom. The Morgan fingerprint density at radius 3 is 2.33 bits per heavy atom. The molecule has 0 saturated carbocycles. The third-order valence-corrected chi connectivity index (χ3v) is 8.21. The van der Waals surface area contributed by atoms with Gasteiger partial charge in [-0.3, -0.25) is 9.59 Å². The highest BCUT2D eigenvalue weighted by Crippen LogP contribution is 2.27. The summed E-state index contributed by atoms with van der Waals surface area (Å²) in [5.74, 6) is 1.74. The monoisotopic (exact) mass is 538 g/mol. The largest absolute Gasteiger partial charge is 0.497 e. The molecule has 7 nitrogen and oxygen atoms in total. The minimum atomic E-state index is -0.00113. The molecule has 5 rings (SSSR count). The lowest BCUT2D eigenvalue weighted by Crippen LogP contribution is -2.38. The average Bonchev–Trinajstić information content (AvgIpc) is 3.35. The highest BCUT2D eigenvalue weighted by atomic mass is 16.5. The fourth-order valence-electron chi connectivity index (χ4n) is 5.76. The normalized spacial score (nSPS) is 15.2. The number of amides is 1. The van der Waals surface area contributed by atoms with E-state index in [1.807, 2.05) is 90.3 Å². The van der Waals surface area contributed by atoms with E-state index >= 15 is 0 Å². The van der Waals surface area contributed by atoms with Gasteiger partial charge in [-0.2, -0.15) is 0 Å². The molecular formula is C33H38N4O3. The number of likely N-dealkylation sites (tertiary alicyclic amines) is 1. The summed E-state index contributed by atoms with van der Waals surface area (Å²) < 4.78 is 7.29. The average molecular weight is 539 g/mol. The quantitative estimate of drug-likeness (QED) is 0.252. The molecule has 2 heterocycles. The maximum absolute atomic E-state index is 13.4. The third-order valence-electron chi connectivity index (χ3n) is 8.21. The predicted octanol–water partition coefficient (Wildman–Crippen LogP) is 5.42. The lowest BCUT2D eigenvalue weighted by Gasteiger charge is -2.33. The van der Waals surface area contributed by atoms with Gasteiger partial charge in [0.25, 0.3) is 5.91 Å². The topological polar surface area (TPSA) is 67.7 Å². The highest BCUT2D eigenvalue weighted by Gasteiger charge is 2.29. The van der Waals surface area contributed by atoms with Crippen LogP contribution < -0.4 is 4.74 Å². The fourth-order valence-corrected chi connectivity index (χ4v) is 5.76. The van der Waals surface area contributed by atoms with E-state index in [-0.39, 0.29) is 23.5 Å². The zero-order chi connectivity index (χ0) is 28.1. The second-order valence-corrected chi connectivity index (χ2v) is 10.8. The van der Waals surface area contributed by atoms with Crippen LogP contribution in [0.2, 0.25) is 0 Å². The molecule has 0 bridgehead atoms. The fraction of sp³-hybridized carbons (Fsp3) is 0.364. The minimum Gasteiger partial charge on any atom is -0.497 e. The molecule has 0 N–H and O–H groups in total. The molecule has 7 heteroatoms. The predicted molar refractivity (Wildman–Crippen MR) is 158 cm³/mol. The second-order valence-electron chi connectivity index (χ2n) is 10.8. The van der Waals surface area contributed by atoms with Crippen LogP contribution >= 0.6 is 0 Å². The molecule has 0 aliphatic carbocycles. The summed E-state index contributed by atoms with van der Waals surface area (Å²) in [7, 11) is 5.48. The maximum atomic E-state index is 13.4. The molecule has 1 fully saturated rings. The highest BCUT2D eigenvalue weighted by molar-refractivity contribution is 5.98. The van der Waals surface area contributed by atoms with Gasteiger partial charge in [0.15, 0.2) is 5.82 Å². The SMILES string of the molecule is COc1ccc(C(CCN2CCC(C(=O)c3nc4ccccc4n3C)CC2)CN(C)C(=O)c2ccccc2)cc1. The van der Waals surface area contributed by atoms with Gasteiger partial charge in [0.1, 0.15) is 5.75 Å². The van der Waals surface area contributed by atoms with Gasteiger partial charge in [-0.05, 0) is 80.9 Å². The molecule has 1 unspecified atom stereocenters. The Kier molecular flexibility index (Phi) is 8.60. The van der Waals surface area contributed by atoms with Gasteiger partial charge in [-0.15, -0.1) is 0 Å². The molecule has 0 radical (unpaired) electrons. The number of hydrogen-bond acceptors (Lipinski definition) is 5. The lowest BCUT2D eigenvalue weighted by atomic mass is 9.90. The number of ketones is 1. The van der Waals surface area contributed by atoms with Crippen molar-refractivity contribution >= 4 is 22.7 Å². The number of hydrogen-bond donors (Lipinski definition) is 0. The summed E-state index contributed by atoms with van der Waals surface area (Å²) in [6, 6.07) is 25.5. The first kappa shape index (κ1) is 27.6. The Labute approximate surface area is 236 Å². The maximum Gasteiger partial charge on any atom is 0.253 e. The molecular weight excluding hydrogens is 500 g/mol. The van der Waals surface area contributed by atoms with Gasteiger partial charge in [0.2, 0.25) is 5.78 Å². The van der Waals surface area contributed by atoms with Crippen LogP contribution in [-0.4, -0.2) is 71.4 Å². The van der Waals surface area contributed by atoms with Gasteiger partial charge in [-0.1, -0.05) is 42.5 Å². The van der Waals surface area contributed by atoms with Gasteiger partial charge < -0.3 is 19.1 Å². The van der Waals surface area contributed by atoms with E-state index < -0.39 is 0 Å². The zero-order valence-corrected chi connectivity index (χ0v) is 23.6. The van der Waals surface area contributed by atoms with Crippen molar-refractivity contribution < 1.29 is 14.3 Å². The van der Waals surface area contributed by atoms with Crippen molar-refractivity contribution in [1.82, 2.24) is 19.4 Å². The molecule has 3 aromatic carbocycles. The summed E-state index contributed by atoms with van der Waals surface area (Å²) >= 11 is 0. The summed E-state index contributed by atoms with van der Waals surface area (Å²) in [6.07, 6.45) is 2.59. The number of carbonyl (C=O) groups is 2. The Bertz CT molecular complexity index is 1440. The van der Waals surface area contributed by atoms with E-state index in [2.05, 4.69) is 22.0 Å². The zero-order valence-electron chi connectivity index (χ0n) is 23.6. The number of ether oxygens (including phenoxy) is 1. The molecule has 40 heavy (non-hydrogen) atoms. The van der Waals surface area contributed by atoms with Crippen LogP contribution in [0.25, 0.3) is 11.0 Å². The molecule has 1 aromatic heterocycles. The number of aryl methyl sites for hydroxylation is 1. The van der Waals surface area contributed by atoms with Crippen LogP contribution in [0.3, 0.4) is 0 Å². The number of fused-ring (bicyclic) bond motifs is 1. The number of imidazole rings is 1. The number of Topliss-reactive ketones (excluding diaryl/α,β-unsaturated/α-hetero) is 1. The van der Waals surface area contributed by atoms with Crippen molar-refractivity contribution in [2.24, 2.45) is 13.0 Å². The van der Waals surface area contributed by atoms with Crippen molar-refractivity contribution in [3.8, 4) is 5.75 Å². The van der Waals surface area contributed by atoms with Crippen molar-refractivity contribution in [2.75, 3.05) is 40.3 Å². The Hall–Kier alpha value is -3.97. The van der Waals surface area contributed by atoms with E-state index in [0.717, 1.165) is 55.7 Å². The summed E-state index contributed by atoms with van der Waals surface area (Å²) in [4.78, 5) is 35.3. The molecule has 1 saturated heterocycles. The van der Waals surface area contributed by atoms with Gasteiger partial charge >= 0.3 is 0 Å². The van der Waals surface area contributed by atoms with Crippen LogP contribution in [0.4, 0.5) is 0 Å². The number of nitrogens with zero attached hydrogens (tertiary/aromatic N) is 4. The van der Waals surface area contributed by atoms with E-state index in [4.69, 9.17) is 4.74 Å². The Balaban J connectivity index is 1.21. The van der Waals surface area contributed by atoms with Crippen LogP contribution in [0.15, 0.2) is 78.9 Å². The van der Waals surface area contributed by atoms with E-state index in [9.17, 15) is 9.59 Å². The second kappa shape index (κ2) is 12.5. The van der Waals surface area contributed by atoms with Crippen molar-refractivity contribution in [2.45, 2.75) is 25.2 Å². The van der Waals surface area contributed by atoms with E-state index in [1.54, 1.807) is 7.11 Å². The molecule has 0 spiro atoms. The molecule has 1 aliphatic rings. The van der Waals surface area contributed by atoms with E-state index in [1.165, 1.54) is 5.56 Å². The minimum absolute atomic E-state index is 0.00113. The Morgan fingerprint density at radius 2 is 1.65 bits per heavy atom. The smallest absolute Gasteiger partial charge is 0.253 e. The van der Waals surface area contributed by atoms with Crippen LogP contribution in [0.1, 0.15) is 51.7 Å². The molecule has 1 amide bonds. The number of methoxy groups -OCH3 is 1. The molecule has 4 aromatic rings. The number of likely N-dealkylation sites (N-methyl/N-ethyl adjacent to an activating group) is 1. The lowest BCUT2D eigenvalue weighted by molar-refractivity contribution is 0.0779. The van der Waals surface area contributed by atoms with Crippen molar-refractivity contribution in [3.63, 3.8) is 0 Å². The third kappa shape index (κ3) is 6.10. The molecule has 208 valence electrons. The summed E-state index contributed by atoms with van der Waals surface area (Å²) in [6.45, 7) is 3.31. The number of para-hydroxylation sites is 2. The standard InChI is InChI=1S/C33H38N4O3/c1-35(33(39)26-9-5-4-6-10-26)23-27(24-13-15-28(40-3)16-14-24)19-22-37-20-17-25(18-21-37)31(38)32-34-29-11-7-8-12-30(29)36(32)2/h4-16,25,27H,17-23H2,1-3H3. The number of piperidine rings is 1. The van der Waals surface area contributed by atoms with Crippen LogP contribution in [0, 0.1) is 5.92 Å². The van der Waals surface area contributed by atoms with Crippen molar-refractivity contribution in [1.29, 1.82) is 0 Å². The number of rotatable bonds is 10. The number of benzene rings is 3. The number of aromatic nitrogens is 2. The molecule has 1 atom stereocenters. The first-order valence-corrected chi connectivity index (χ1v) is 14.1. The van der Waals surface area contributed by atoms with Gasteiger partial charge in [0, 0.05) is 38.0 Å². The number of carbonyl (C=O) groups excluding carboxylic acids is 2.